The standard InChI is InChI=1S/C14H6BF8O2/c1-24-13-7(18)3(5(16)9(20)11(13)22)15-4-6(17)10(21)12(23)14(25-2)8(4)19/h1-2H3. The first kappa shape index (κ1) is 18.9. The molecule has 133 valence electrons. The van der Waals surface area contributed by atoms with Gasteiger partial charge in [-0.2, -0.15) is 8.78 Å². The van der Waals surface area contributed by atoms with Gasteiger partial charge in [-0.3, -0.25) is 0 Å². The average molecular weight is 369 g/mol. The highest BCUT2D eigenvalue weighted by atomic mass is 19.2. The molecule has 2 nitrogen and oxygen atoms in total. The Morgan fingerprint density at radius 2 is 0.800 bits per heavy atom. The molecule has 0 aliphatic rings. The van der Waals surface area contributed by atoms with Crippen LogP contribution in [-0.2, 0) is 0 Å². The molecule has 0 saturated heterocycles. The zero-order valence-electron chi connectivity index (χ0n) is 12.4. The molecule has 2 aromatic carbocycles. The molecule has 11 heteroatoms. The monoisotopic (exact) mass is 369 g/mol. The van der Waals surface area contributed by atoms with Crippen LogP contribution in [0.25, 0.3) is 0 Å². The van der Waals surface area contributed by atoms with Gasteiger partial charge in [0.15, 0.2) is 46.4 Å². The van der Waals surface area contributed by atoms with Crippen molar-refractivity contribution in [3.8, 4) is 11.5 Å². The number of halogens is 8. The summed E-state index contributed by atoms with van der Waals surface area (Å²) in [5.74, 6) is -19.2. The lowest BCUT2D eigenvalue weighted by molar-refractivity contribution is 0.337. The van der Waals surface area contributed by atoms with Crippen molar-refractivity contribution in [2.45, 2.75) is 0 Å². The Bertz CT molecular complexity index is 787. The predicted molar refractivity (Wildman–Crippen MR) is 70.7 cm³/mol. The molecule has 0 aliphatic carbocycles. The lowest BCUT2D eigenvalue weighted by Gasteiger charge is -2.13. The van der Waals surface area contributed by atoms with Crippen molar-refractivity contribution >= 4 is 18.2 Å². The van der Waals surface area contributed by atoms with Crippen molar-refractivity contribution in [3.05, 3.63) is 46.5 Å². The highest BCUT2D eigenvalue weighted by Crippen LogP contribution is 2.26. The molecule has 0 aromatic heterocycles. The Balaban J connectivity index is 2.74. The Morgan fingerprint density at radius 1 is 0.480 bits per heavy atom. The van der Waals surface area contributed by atoms with E-state index >= 15 is 0 Å². The van der Waals surface area contributed by atoms with Crippen LogP contribution < -0.4 is 20.4 Å². The van der Waals surface area contributed by atoms with Gasteiger partial charge >= 0.3 is 0 Å². The third-order valence-electron chi connectivity index (χ3n) is 3.21. The molecule has 2 aromatic rings. The van der Waals surface area contributed by atoms with Gasteiger partial charge in [-0.15, -0.1) is 0 Å². The number of ether oxygens (including phenoxy) is 2. The molecule has 0 unspecified atom stereocenters. The molecule has 0 N–H and O–H groups in total. The molecule has 2 rings (SSSR count). The van der Waals surface area contributed by atoms with E-state index in [1.54, 1.807) is 0 Å². The molecule has 0 atom stereocenters. The van der Waals surface area contributed by atoms with Gasteiger partial charge in [0, 0.05) is 0 Å². The Morgan fingerprint density at radius 3 is 1.08 bits per heavy atom. The number of methoxy groups -OCH3 is 2. The third kappa shape index (κ3) is 2.87. The summed E-state index contributed by atoms with van der Waals surface area (Å²) < 4.78 is 118. The maximum atomic E-state index is 14.0. The zero-order valence-corrected chi connectivity index (χ0v) is 12.4. The van der Waals surface area contributed by atoms with E-state index in [0.29, 0.717) is 0 Å². The van der Waals surface area contributed by atoms with Crippen LogP contribution in [0.2, 0.25) is 0 Å². The van der Waals surface area contributed by atoms with Crippen LogP contribution in [-0.4, -0.2) is 21.5 Å². The van der Waals surface area contributed by atoms with Crippen molar-refractivity contribution in [1.29, 1.82) is 0 Å². The molecule has 0 fully saturated rings. The van der Waals surface area contributed by atoms with Crippen LogP contribution in [0, 0.1) is 46.5 Å². The average Bonchev–Trinajstić information content (AvgIpc) is 2.58. The normalized spacial score (nSPS) is 10.8. The molecule has 0 saturated carbocycles. The SMILES string of the molecule is COc1c(F)c(F)c(F)c([B]c2c(F)c(F)c(F)c(OC)c2F)c1F. The molecule has 0 aliphatic heterocycles. The van der Waals surface area contributed by atoms with Gasteiger partial charge in [0.1, 0.15) is 0 Å². The minimum Gasteiger partial charge on any atom is -0.491 e. The summed E-state index contributed by atoms with van der Waals surface area (Å²) in [5, 5.41) is 0. The number of hydrogen-bond acceptors (Lipinski definition) is 2. The summed E-state index contributed by atoms with van der Waals surface area (Å²) in [5.41, 5.74) is -2.94. The largest absolute Gasteiger partial charge is 0.491 e. The van der Waals surface area contributed by atoms with E-state index in [1.807, 2.05) is 0 Å². The molecule has 1 radical (unpaired) electrons. The van der Waals surface area contributed by atoms with Gasteiger partial charge in [0.05, 0.1) is 14.2 Å². The maximum absolute atomic E-state index is 14.0. The fraction of sp³-hybridized carbons (Fsp3) is 0.143. The second-order valence-corrected chi connectivity index (χ2v) is 4.55. The van der Waals surface area contributed by atoms with E-state index in [9.17, 15) is 35.1 Å². The number of hydrogen-bond donors (Lipinski definition) is 0. The summed E-state index contributed by atoms with van der Waals surface area (Å²) in [4.78, 5) is 0. The lowest BCUT2D eigenvalue weighted by atomic mass is 9.62. The van der Waals surface area contributed by atoms with Gasteiger partial charge in [0.2, 0.25) is 18.9 Å². The lowest BCUT2D eigenvalue weighted by Crippen LogP contribution is -2.38. The first-order valence-electron chi connectivity index (χ1n) is 6.31. The van der Waals surface area contributed by atoms with Crippen molar-refractivity contribution in [3.63, 3.8) is 0 Å². The van der Waals surface area contributed by atoms with E-state index in [2.05, 4.69) is 9.47 Å². The van der Waals surface area contributed by atoms with Crippen molar-refractivity contribution in [1.82, 2.24) is 0 Å². The van der Waals surface area contributed by atoms with Gasteiger partial charge in [-0.25, -0.2) is 26.3 Å². The molecule has 0 spiro atoms. The second-order valence-electron chi connectivity index (χ2n) is 4.55. The predicted octanol–water partition coefficient (Wildman–Crippen LogP) is 2.47. The van der Waals surface area contributed by atoms with Crippen molar-refractivity contribution < 1.29 is 44.6 Å². The molecule has 0 heterocycles. The summed E-state index contributed by atoms with van der Waals surface area (Å²) in [6, 6.07) is 0. The van der Waals surface area contributed by atoms with Gasteiger partial charge in [0.25, 0.3) is 0 Å². The highest BCUT2D eigenvalue weighted by molar-refractivity contribution is 6.67. The summed E-state index contributed by atoms with van der Waals surface area (Å²) in [7, 11) is 1.44. The smallest absolute Gasteiger partial charge is 0.207 e. The fourth-order valence-electron chi connectivity index (χ4n) is 2.01. The minimum absolute atomic E-state index is 0.00852. The second kappa shape index (κ2) is 6.81. The molecular formula is C14H6BF8O2. The Kier molecular flexibility index (Phi) is 5.14. The topological polar surface area (TPSA) is 18.5 Å². The van der Waals surface area contributed by atoms with Crippen LogP contribution in [0.15, 0.2) is 0 Å². The summed E-state index contributed by atoms with van der Waals surface area (Å²) >= 11 is 0. The van der Waals surface area contributed by atoms with Gasteiger partial charge < -0.3 is 9.47 Å². The summed E-state index contributed by atoms with van der Waals surface area (Å²) in [6.07, 6.45) is 0. The van der Waals surface area contributed by atoms with Crippen molar-refractivity contribution in [2.75, 3.05) is 14.2 Å². The van der Waals surface area contributed by atoms with E-state index in [1.165, 1.54) is 0 Å². The maximum Gasteiger partial charge on any atom is 0.207 e. The molecule has 0 bridgehead atoms. The van der Waals surface area contributed by atoms with E-state index < -0.39 is 69.0 Å². The Labute approximate surface area is 136 Å². The molecule has 0 amide bonds. The van der Waals surface area contributed by atoms with Crippen LogP contribution >= 0.6 is 0 Å². The third-order valence-corrected chi connectivity index (χ3v) is 3.21. The first-order valence-corrected chi connectivity index (χ1v) is 6.31. The van der Waals surface area contributed by atoms with Crippen LogP contribution in [0.5, 0.6) is 11.5 Å². The summed E-state index contributed by atoms with van der Waals surface area (Å²) in [6.45, 7) is 0. The van der Waals surface area contributed by atoms with Gasteiger partial charge in [-0.05, 0) is 10.9 Å². The van der Waals surface area contributed by atoms with Gasteiger partial charge in [-0.1, -0.05) is 0 Å². The van der Waals surface area contributed by atoms with E-state index in [4.69, 9.17) is 0 Å². The van der Waals surface area contributed by atoms with Crippen LogP contribution in [0.3, 0.4) is 0 Å². The molecular weight excluding hydrogens is 363 g/mol. The molecule has 25 heavy (non-hydrogen) atoms. The van der Waals surface area contributed by atoms with Crippen LogP contribution in [0.4, 0.5) is 35.1 Å². The van der Waals surface area contributed by atoms with E-state index in [0.717, 1.165) is 14.2 Å². The van der Waals surface area contributed by atoms with Crippen molar-refractivity contribution in [2.24, 2.45) is 0 Å². The van der Waals surface area contributed by atoms with Crippen LogP contribution in [0.1, 0.15) is 0 Å². The van der Waals surface area contributed by atoms with E-state index in [-0.39, 0.29) is 7.28 Å². The zero-order chi connectivity index (χ0) is 19.0. The number of rotatable bonds is 4. The number of benzene rings is 2. The fourth-order valence-corrected chi connectivity index (χ4v) is 2.01. The quantitative estimate of drug-likeness (QED) is 0.357. The minimum atomic E-state index is -2.19. The first-order chi connectivity index (χ1) is 11.7. The Hall–Kier alpha value is -2.46. The highest BCUT2D eigenvalue weighted by Gasteiger charge is 2.31.